The highest BCUT2D eigenvalue weighted by Crippen LogP contribution is 2.41. The maximum Gasteiger partial charge on any atom is 0.0991 e. The molecule has 1 aromatic carbocycles. The molecule has 0 aromatic heterocycles. The van der Waals surface area contributed by atoms with Gasteiger partial charge in [0.05, 0.1) is 18.2 Å². The molecular weight excluding hydrogens is 162 g/mol. The van der Waals surface area contributed by atoms with Crippen molar-refractivity contribution in [1.29, 1.82) is 5.26 Å². The summed E-state index contributed by atoms with van der Waals surface area (Å²) in [5, 5.41) is 17.8. The van der Waals surface area contributed by atoms with Gasteiger partial charge in [-0.3, -0.25) is 0 Å². The lowest BCUT2D eigenvalue weighted by molar-refractivity contribution is 0.280. The summed E-state index contributed by atoms with van der Waals surface area (Å²) in [6.45, 7) is 0.0430. The molecule has 0 aliphatic heterocycles. The van der Waals surface area contributed by atoms with Crippen molar-refractivity contribution in [1.82, 2.24) is 0 Å². The standard InChI is InChI=1S/C11H11NO/c12-6-8-1-4-11(9-2-3-9)10(5-8)7-13/h1,4-5,9,13H,2-3,7H2. The minimum Gasteiger partial charge on any atom is -0.392 e. The zero-order chi connectivity index (χ0) is 9.26. The summed E-state index contributed by atoms with van der Waals surface area (Å²) >= 11 is 0. The van der Waals surface area contributed by atoms with Crippen LogP contribution >= 0.6 is 0 Å². The molecule has 66 valence electrons. The Morgan fingerprint density at radius 3 is 2.77 bits per heavy atom. The molecule has 2 heteroatoms. The second kappa shape index (κ2) is 3.20. The lowest BCUT2D eigenvalue weighted by atomic mass is 10.0. The second-order valence-corrected chi connectivity index (χ2v) is 3.46. The summed E-state index contributed by atoms with van der Waals surface area (Å²) in [7, 11) is 0. The minimum absolute atomic E-state index is 0.0430. The van der Waals surface area contributed by atoms with E-state index in [4.69, 9.17) is 10.4 Å². The Labute approximate surface area is 77.4 Å². The van der Waals surface area contributed by atoms with Crippen molar-refractivity contribution in [3.05, 3.63) is 34.9 Å². The molecule has 0 spiro atoms. The number of aliphatic hydroxyl groups excluding tert-OH is 1. The fourth-order valence-corrected chi connectivity index (χ4v) is 1.60. The van der Waals surface area contributed by atoms with E-state index in [1.54, 1.807) is 6.07 Å². The van der Waals surface area contributed by atoms with Gasteiger partial charge in [0.15, 0.2) is 0 Å². The Hall–Kier alpha value is -1.33. The lowest BCUT2D eigenvalue weighted by Crippen LogP contribution is -1.92. The van der Waals surface area contributed by atoms with Crippen LogP contribution < -0.4 is 0 Å². The first-order valence-electron chi connectivity index (χ1n) is 4.49. The second-order valence-electron chi connectivity index (χ2n) is 3.46. The molecule has 2 rings (SSSR count). The van der Waals surface area contributed by atoms with E-state index >= 15 is 0 Å². The molecule has 0 unspecified atom stereocenters. The molecule has 1 saturated carbocycles. The Balaban J connectivity index is 2.40. The van der Waals surface area contributed by atoms with E-state index in [9.17, 15) is 0 Å². The molecule has 0 atom stereocenters. The maximum absolute atomic E-state index is 9.11. The highest BCUT2D eigenvalue weighted by molar-refractivity contribution is 5.40. The van der Waals surface area contributed by atoms with Crippen LogP contribution in [-0.4, -0.2) is 5.11 Å². The molecule has 1 N–H and O–H groups in total. The van der Waals surface area contributed by atoms with Gasteiger partial charge in [0.2, 0.25) is 0 Å². The SMILES string of the molecule is N#Cc1ccc(C2CC2)c(CO)c1. The van der Waals surface area contributed by atoms with Gasteiger partial charge in [0.25, 0.3) is 0 Å². The molecule has 13 heavy (non-hydrogen) atoms. The quantitative estimate of drug-likeness (QED) is 0.742. The van der Waals surface area contributed by atoms with E-state index in [0.29, 0.717) is 11.5 Å². The molecule has 1 aromatic rings. The van der Waals surface area contributed by atoms with Crippen molar-refractivity contribution >= 4 is 0 Å². The van der Waals surface area contributed by atoms with Gasteiger partial charge in [-0.2, -0.15) is 5.26 Å². The first kappa shape index (κ1) is 8.28. The Morgan fingerprint density at radius 2 is 2.23 bits per heavy atom. The van der Waals surface area contributed by atoms with Crippen molar-refractivity contribution in [2.75, 3.05) is 0 Å². The number of hydrogen-bond acceptors (Lipinski definition) is 2. The van der Waals surface area contributed by atoms with Gasteiger partial charge in [-0.05, 0) is 42.0 Å². The van der Waals surface area contributed by atoms with Gasteiger partial charge in [-0.25, -0.2) is 0 Å². The fourth-order valence-electron chi connectivity index (χ4n) is 1.60. The summed E-state index contributed by atoms with van der Waals surface area (Å²) in [5.74, 6) is 0.634. The first-order valence-corrected chi connectivity index (χ1v) is 4.49. The van der Waals surface area contributed by atoms with Crippen LogP contribution in [0.5, 0.6) is 0 Å². The third-order valence-corrected chi connectivity index (χ3v) is 2.46. The molecule has 0 amide bonds. The van der Waals surface area contributed by atoms with Crippen LogP contribution in [0.3, 0.4) is 0 Å². The normalized spacial score (nSPS) is 15.4. The van der Waals surface area contributed by atoms with Crippen LogP contribution in [0.4, 0.5) is 0 Å². The average Bonchev–Trinajstić information content (AvgIpc) is 3.00. The molecule has 1 aliphatic rings. The smallest absolute Gasteiger partial charge is 0.0991 e. The molecule has 1 fully saturated rings. The lowest BCUT2D eigenvalue weighted by Gasteiger charge is -2.05. The largest absolute Gasteiger partial charge is 0.392 e. The summed E-state index contributed by atoms with van der Waals surface area (Å²) < 4.78 is 0. The van der Waals surface area contributed by atoms with Crippen molar-refractivity contribution < 1.29 is 5.11 Å². The van der Waals surface area contributed by atoms with Crippen LogP contribution in [0.15, 0.2) is 18.2 Å². The summed E-state index contributed by atoms with van der Waals surface area (Å²) in [6, 6.07) is 7.66. The van der Waals surface area contributed by atoms with Crippen molar-refractivity contribution in [2.24, 2.45) is 0 Å². The number of nitriles is 1. The predicted octanol–water partition coefficient (Wildman–Crippen LogP) is 1.93. The van der Waals surface area contributed by atoms with Gasteiger partial charge in [-0.15, -0.1) is 0 Å². The number of aliphatic hydroxyl groups is 1. The van der Waals surface area contributed by atoms with Crippen LogP contribution in [0.1, 0.15) is 35.4 Å². The van der Waals surface area contributed by atoms with E-state index in [1.807, 2.05) is 12.1 Å². The molecule has 0 heterocycles. The van der Waals surface area contributed by atoms with E-state index in [1.165, 1.54) is 18.4 Å². The minimum atomic E-state index is 0.0430. The van der Waals surface area contributed by atoms with Gasteiger partial charge < -0.3 is 5.11 Å². The molecule has 1 aliphatic carbocycles. The Kier molecular flexibility index (Phi) is 2.03. The number of benzene rings is 1. The number of hydrogen-bond donors (Lipinski definition) is 1. The topological polar surface area (TPSA) is 44.0 Å². The number of nitrogens with zero attached hydrogens (tertiary/aromatic N) is 1. The summed E-state index contributed by atoms with van der Waals surface area (Å²) in [6.07, 6.45) is 2.44. The molecule has 0 saturated heterocycles. The van der Waals surface area contributed by atoms with Gasteiger partial charge in [0, 0.05) is 0 Å². The summed E-state index contributed by atoms with van der Waals surface area (Å²) in [5.41, 5.74) is 2.77. The first-order chi connectivity index (χ1) is 6.35. The third-order valence-electron chi connectivity index (χ3n) is 2.46. The summed E-state index contributed by atoms with van der Waals surface area (Å²) in [4.78, 5) is 0. The van der Waals surface area contributed by atoms with E-state index in [0.717, 1.165) is 5.56 Å². The number of rotatable bonds is 2. The van der Waals surface area contributed by atoms with Crippen LogP contribution in [-0.2, 0) is 6.61 Å². The van der Waals surface area contributed by atoms with Crippen LogP contribution in [0.2, 0.25) is 0 Å². The third kappa shape index (κ3) is 1.56. The van der Waals surface area contributed by atoms with Gasteiger partial charge in [0.1, 0.15) is 0 Å². The highest BCUT2D eigenvalue weighted by Gasteiger charge is 2.25. The van der Waals surface area contributed by atoms with Crippen molar-refractivity contribution in [3.8, 4) is 6.07 Å². The molecular formula is C11H11NO. The van der Waals surface area contributed by atoms with Crippen molar-refractivity contribution in [3.63, 3.8) is 0 Å². The fraction of sp³-hybridized carbons (Fsp3) is 0.364. The van der Waals surface area contributed by atoms with Crippen LogP contribution in [0.25, 0.3) is 0 Å². The van der Waals surface area contributed by atoms with E-state index in [2.05, 4.69) is 6.07 Å². The maximum atomic E-state index is 9.11. The molecule has 0 bridgehead atoms. The zero-order valence-electron chi connectivity index (χ0n) is 7.33. The Bertz CT molecular complexity index is 361. The van der Waals surface area contributed by atoms with E-state index in [-0.39, 0.29) is 6.61 Å². The monoisotopic (exact) mass is 173 g/mol. The zero-order valence-corrected chi connectivity index (χ0v) is 7.33. The van der Waals surface area contributed by atoms with Crippen LogP contribution in [0, 0.1) is 11.3 Å². The van der Waals surface area contributed by atoms with Gasteiger partial charge in [-0.1, -0.05) is 6.07 Å². The molecule has 0 radical (unpaired) electrons. The Morgan fingerprint density at radius 1 is 1.46 bits per heavy atom. The van der Waals surface area contributed by atoms with Crippen molar-refractivity contribution in [2.45, 2.75) is 25.4 Å². The average molecular weight is 173 g/mol. The molecule has 2 nitrogen and oxygen atoms in total. The van der Waals surface area contributed by atoms with Gasteiger partial charge >= 0.3 is 0 Å². The highest BCUT2D eigenvalue weighted by atomic mass is 16.3. The predicted molar refractivity (Wildman–Crippen MR) is 49.1 cm³/mol. The van der Waals surface area contributed by atoms with E-state index < -0.39 is 0 Å².